The van der Waals surface area contributed by atoms with Crippen LogP contribution < -0.4 is 10.9 Å². The zero-order chi connectivity index (χ0) is 12.6. The van der Waals surface area contributed by atoms with E-state index in [1.54, 1.807) is 5.01 Å². The first-order valence-corrected chi connectivity index (χ1v) is 4.83. The standard InChI is InChI=1S/C9H10N4O4/c10-9(14)7-2-1-6(5-8(7)13(16)17)12(15)11-3-4-11/h1-2,5,15H,3-4H2,(H2,10,14). The van der Waals surface area contributed by atoms with Gasteiger partial charge < -0.3 is 5.73 Å². The molecule has 2 rings (SSSR count). The van der Waals surface area contributed by atoms with Crippen molar-refractivity contribution in [1.82, 2.24) is 5.01 Å². The van der Waals surface area contributed by atoms with Crippen molar-refractivity contribution < 1.29 is 14.9 Å². The normalized spacial score (nSPS) is 14.4. The highest BCUT2D eigenvalue weighted by molar-refractivity contribution is 5.97. The second-order valence-electron chi connectivity index (χ2n) is 3.57. The van der Waals surface area contributed by atoms with Gasteiger partial charge in [0.2, 0.25) is 0 Å². The van der Waals surface area contributed by atoms with Crippen LogP contribution in [0, 0.1) is 10.1 Å². The Hall–Kier alpha value is -2.19. The largest absolute Gasteiger partial charge is 0.365 e. The summed E-state index contributed by atoms with van der Waals surface area (Å²) in [6.45, 7) is 1.36. The number of benzene rings is 1. The molecule has 1 fully saturated rings. The molecule has 1 amide bonds. The van der Waals surface area contributed by atoms with Crippen molar-refractivity contribution >= 4 is 17.3 Å². The van der Waals surface area contributed by atoms with E-state index in [9.17, 15) is 20.1 Å². The Bertz CT molecular complexity index is 486. The highest BCUT2D eigenvalue weighted by Gasteiger charge is 2.27. The lowest BCUT2D eigenvalue weighted by molar-refractivity contribution is -0.385. The molecule has 1 aromatic carbocycles. The molecule has 0 aliphatic carbocycles. The van der Waals surface area contributed by atoms with Crippen LogP contribution in [-0.4, -0.2) is 34.1 Å². The lowest BCUT2D eigenvalue weighted by atomic mass is 10.1. The molecule has 1 aromatic rings. The summed E-state index contributed by atoms with van der Waals surface area (Å²) in [5, 5.41) is 22.8. The molecule has 0 atom stereocenters. The molecule has 1 aliphatic rings. The number of hydrazine groups is 1. The predicted molar refractivity (Wildman–Crippen MR) is 57.5 cm³/mol. The van der Waals surface area contributed by atoms with Crippen molar-refractivity contribution in [3.8, 4) is 0 Å². The Morgan fingerprint density at radius 1 is 1.53 bits per heavy atom. The van der Waals surface area contributed by atoms with Gasteiger partial charge >= 0.3 is 0 Å². The van der Waals surface area contributed by atoms with E-state index in [0.29, 0.717) is 13.1 Å². The summed E-state index contributed by atoms with van der Waals surface area (Å²) < 4.78 is 0. The van der Waals surface area contributed by atoms with E-state index in [1.165, 1.54) is 12.1 Å². The maximum atomic E-state index is 11.0. The Morgan fingerprint density at radius 3 is 2.65 bits per heavy atom. The minimum absolute atomic E-state index is 0.182. The second-order valence-corrected chi connectivity index (χ2v) is 3.57. The van der Waals surface area contributed by atoms with Gasteiger partial charge in [-0.05, 0) is 12.1 Å². The first-order valence-electron chi connectivity index (χ1n) is 4.83. The SMILES string of the molecule is NC(=O)c1ccc(N(O)N2CC2)cc1[N+](=O)[O-]. The van der Waals surface area contributed by atoms with Crippen LogP contribution in [0.4, 0.5) is 11.4 Å². The molecule has 1 aliphatic heterocycles. The van der Waals surface area contributed by atoms with Crippen molar-refractivity contribution in [1.29, 1.82) is 0 Å². The van der Waals surface area contributed by atoms with Gasteiger partial charge in [-0.1, -0.05) is 0 Å². The number of anilines is 1. The van der Waals surface area contributed by atoms with E-state index in [-0.39, 0.29) is 11.3 Å². The molecule has 0 radical (unpaired) electrons. The van der Waals surface area contributed by atoms with Gasteiger partial charge in [-0.25, -0.2) is 0 Å². The molecule has 8 heteroatoms. The van der Waals surface area contributed by atoms with Crippen LogP contribution >= 0.6 is 0 Å². The first-order chi connectivity index (χ1) is 8.00. The van der Waals surface area contributed by atoms with Crippen LogP contribution in [0.3, 0.4) is 0 Å². The maximum absolute atomic E-state index is 11.0. The molecular weight excluding hydrogens is 228 g/mol. The average molecular weight is 238 g/mol. The van der Waals surface area contributed by atoms with Gasteiger partial charge in [0.05, 0.1) is 10.6 Å². The van der Waals surface area contributed by atoms with E-state index in [1.807, 2.05) is 0 Å². The topological polar surface area (TPSA) is 113 Å². The van der Waals surface area contributed by atoms with Crippen molar-refractivity contribution in [2.24, 2.45) is 5.73 Å². The Balaban J connectivity index is 2.41. The minimum Gasteiger partial charge on any atom is -0.365 e. The zero-order valence-corrected chi connectivity index (χ0v) is 8.74. The number of nitrogens with zero attached hydrogens (tertiary/aromatic N) is 3. The molecule has 0 saturated carbocycles. The number of hydrogen-bond acceptors (Lipinski definition) is 6. The fraction of sp³-hybridized carbons (Fsp3) is 0.222. The van der Waals surface area contributed by atoms with Crippen molar-refractivity contribution in [3.63, 3.8) is 0 Å². The number of carbonyl (C=O) groups is 1. The van der Waals surface area contributed by atoms with E-state index in [2.05, 4.69) is 0 Å². The number of primary amides is 1. The fourth-order valence-electron chi connectivity index (χ4n) is 1.40. The number of carbonyl (C=O) groups excluding carboxylic acids is 1. The lowest BCUT2D eigenvalue weighted by Crippen LogP contribution is -2.25. The highest BCUT2D eigenvalue weighted by atomic mass is 16.6. The van der Waals surface area contributed by atoms with Crippen LogP contribution in [0.25, 0.3) is 0 Å². The van der Waals surface area contributed by atoms with Crippen LogP contribution in [0.15, 0.2) is 18.2 Å². The minimum atomic E-state index is -0.875. The Morgan fingerprint density at radius 2 is 2.18 bits per heavy atom. The molecule has 0 bridgehead atoms. The van der Waals surface area contributed by atoms with Crippen LogP contribution in [0.1, 0.15) is 10.4 Å². The Kier molecular flexibility index (Phi) is 2.66. The van der Waals surface area contributed by atoms with Crippen LogP contribution in [0.2, 0.25) is 0 Å². The number of amides is 1. The highest BCUT2D eigenvalue weighted by Crippen LogP contribution is 2.27. The summed E-state index contributed by atoms with van der Waals surface area (Å²) in [6, 6.07) is 3.73. The third-order valence-electron chi connectivity index (χ3n) is 2.37. The molecule has 0 unspecified atom stereocenters. The number of nitro groups is 1. The zero-order valence-electron chi connectivity index (χ0n) is 8.74. The van der Waals surface area contributed by atoms with Gasteiger partial charge in [-0.2, -0.15) is 10.2 Å². The number of nitrogens with two attached hydrogens (primary N) is 1. The van der Waals surface area contributed by atoms with Gasteiger partial charge in [0.15, 0.2) is 0 Å². The van der Waals surface area contributed by atoms with Crippen molar-refractivity contribution in [3.05, 3.63) is 33.9 Å². The van der Waals surface area contributed by atoms with Gasteiger partial charge in [-0.15, -0.1) is 0 Å². The summed E-state index contributed by atoms with van der Waals surface area (Å²) in [4.78, 5) is 21.0. The van der Waals surface area contributed by atoms with Gasteiger partial charge in [-0.3, -0.25) is 20.1 Å². The van der Waals surface area contributed by atoms with Crippen LogP contribution in [-0.2, 0) is 0 Å². The number of hydrogen-bond donors (Lipinski definition) is 2. The molecule has 3 N–H and O–H groups in total. The molecular formula is C9H10N4O4. The van der Waals surface area contributed by atoms with Crippen LogP contribution in [0.5, 0.6) is 0 Å². The summed E-state index contributed by atoms with van der Waals surface area (Å²) in [7, 11) is 0. The third-order valence-corrected chi connectivity index (χ3v) is 2.37. The number of nitro benzene ring substituents is 1. The summed E-state index contributed by atoms with van der Waals surface area (Å²) in [5.74, 6) is -0.875. The molecule has 0 aromatic heterocycles. The molecule has 8 nitrogen and oxygen atoms in total. The smallest absolute Gasteiger partial charge is 0.284 e. The lowest BCUT2D eigenvalue weighted by Gasteiger charge is -2.16. The van der Waals surface area contributed by atoms with E-state index in [4.69, 9.17) is 5.73 Å². The van der Waals surface area contributed by atoms with E-state index in [0.717, 1.165) is 11.2 Å². The second kappa shape index (κ2) is 4.00. The quantitative estimate of drug-likeness (QED) is 0.437. The van der Waals surface area contributed by atoms with E-state index < -0.39 is 16.5 Å². The number of rotatable bonds is 4. The molecule has 0 spiro atoms. The Labute approximate surface area is 95.9 Å². The molecule has 90 valence electrons. The summed E-state index contributed by atoms with van der Waals surface area (Å²) in [6.07, 6.45) is 0. The summed E-state index contributed by atoms with van der Waals surface area (Å²) >= 11 is 0. The summed E-state index contributed by atoms with van der Waals surface area (Å²) in [5.41, 5.74) is 4.64. The molecule has 1 saturated heterocycles. The third kappa shape index (κ3) is 2.17. The average Bonchev–Trinajstić information content (AvgIpc) is 3.10. The van der Waals surface area contributed by atoms with Gasteiger partial charge in [0.1, 0.15) is 5.56 Å². The molecule has 1 heterocycles. The predicted octanol–water partition coefficient (Wildman–Crippen LogP) is 0.120. The van der Waals surface area contributed by atoms with Gasteiger partial charge in [0, 0.05) is 19.2 Å². The molecule has 17 heavy (non-hydrogen) atoms. The fourth-order valence-corrected chi connectivity index (χ4v) is 1.40. The van der Waals surface area contributed by atoms with Gasteiger partial charge in [0.25, 0.3) is 11.6 Å². The van der Waals surface area contributed by atoms with E-state index >= 15 is 0 Å². The first kappa shape index (κ1) is 11.3. The monoisotopic (exact) mass is 238 g/mol. The van der Waals surface area contributed by atoms with Crippen molar-refractivity contribution in [2.75, 3.05) is 18.3 Å². The van der Waals surface area contributed by atoms with Crippen molar-refractivity contribution in [2.45, 2.75) is 0 Å². The maximum Gasteiger partial charge on any atom is 0.284 e.